The van der Waals surface area contributed by atoms with Crippen LogP contribution in [-0.4, -0.2) is 36.6 Å². The molecule has 0 aliphatic carbocycles. The lowest BCUT2D eigenvalue weighted by atomic mass is 9.84. The summed E-state index contributed by atoms with van der Waals surface area (Å²) < 4.78 is 5.36. The number of nitrogens with one attached hydrogen (secondary N) is 2. The molecule has 3 heterocycles. The minimum atomic E-state index is -0.556. The third-order valence-corrected chi connectivity index (χ3v) is 6.14. The number of aryl methyl sites for hydroxylation is 1. The molecule has 1 fully saturated rings. The minimum Gasteiger partial charge on any atom is -0.497 e. The van der Waals surface area contributed by atoms with Gasteiger partial charge in [-0.05, 0) is 55.7 Å². The number of rotatable bonds is 2. The molecule has 5 rings (SSSR count). The van der Waals surface area contributed by atoms with Gasteiger partial charge >= 0.3 is 0 Å². The quantitative estimate of drug-likeness (QED) is 0.696. The third kappa shape index (κ3) is 2.95. The summed E-state index contributed by atoms with van der Waals surface area (Å²) in [6, 6.07) is 16.0. The predicted octanol–water partition coefficient (Wildman–Crippen LogP) is 3.96. The van der Waals surface area contributed by atoms with E-state index in [1.54, 1.807) is 7.11 Å². The Labute approximate surface area is 169 Å². The number of nitrogens with zero attached hydrogens (tertiary/aromatic N) is 2. The Morgan fingerprint density at radius 1 is 1.07 bits per heavy atom. The van der Waals surface area contributed by atoms with Crippen LogP contribution in [-0.2, 0) is 4.79 Å². The zero-order valence-corrected chi connectivity index (χ0v) is 16.7. The maximum Gasteiger partial charge on any atom is 0.250 e. The van der Waals surface area contributed by atoms with Crippen LogP contribution in [0.15, 0.2) is 48.5 Å². The summed E-state index contributed by atoms with van der Waals surface area (Å²) in [5, 5.41) is 7.72. The number of pyridine rings is 1. The van der Waals surface area contributed by atoms with Crippen LogP contribution < -0.4 is 20.3 Å². The second kappa shape index (κ2) is 6.65. The van der Waals surface area contributed by atoms with Gasteiger partial charge in [0.15, 0.2) is 0 Å². The first-order valence-electron chi connectivity index (χ1n) is 9.97. The highest BCUT2D eigenvalue weighted by Gasteiger charge is 2.44. The van der Waals surface area contributed by atoms with Crippen molar-refractivity contribution in [1.29, 1.82) is 0 Å². The summed E-state index contributed by atoms with van der Waals surface area (Å²) in [6.45, 7) is 3.65. The van der Waals surface area contributed by atoms with Crippen molar-refractivity contribution in [3.05, 3.63) is 54.1 Å². The van der Waals surface area contributed by atoms with E-state index >= 15 is 0 Å². The van der Waals surface area contributed by atoms with Crippen molar-refractivity contribution < 1.29 is 9.53 Å². The molecule has 0 bridgehead atoms. The lowest BCUT2D eigenvalue weighted by Gasteiger charge is -2.44. The van der Waals surface area contributed by atoms with Gasteiger partial charge in [-0.25, -0.2) is 4.98 Å². The van der Waals surface area contributed by atoms with Crippen LogP contribution in [0, 0.1) is 6.92 Å². The molecular weight excluding hydrogens is 364 g/mol. The van der Waals surface area contributed by atoms with E-state index in [1.807, 2.05) is 36.4 Å². The fourth-order valence-corrected chi connectivity index (χ4v) is 4.38. The molecule has 6 heteroatoms. The number of carbonyl (C=O) groups is 1. The largest absolute Gasteiger partial charge is 0.497 e. The minimum absolute atomic E-state index is 0.0586. The van der Waals surface area contributed by atoms with Crippen molar-refractivity contribution >= 4 is 34.0 Å². The van der Waals surface area contributed by atoms with Crippen molar-refractivity contribution in [2.75, 3.05) is 35.7 Å². The maximum atomic E-state index is 12.9. The van der Waals surface area contributed by atoms with Crippen molar-refractivity contribution in [1.82, 2.24) is 4.98 Å². The summed E-state index contributed by atoms with van der Waals surface area (Å²) in [5.41, 5.74) is 3.41. The van der Waals surface area contributed by atoms with Gasteiger partial charge in [-0.15, -0.1) is 0 Å². The van der Waals surface area contributed by atoms with E-state index in [2.05, 4.69) is 34.6 Å². The number of ether oxygens (including phenoxy) is 1. The molecule has 2 aliphatic heterocycles. The first-order valence-corrected chi connectivity index (χ1v) is 9.97. The highest BCUT2D eigenvalue weighted by atomic mass is 16.5. The summed E-state index contributed by atoms with van der Waals surface area (Å²) in [5.74, 6) is 1.82. The number of anilines is 3. The van der Waals surface area contributed by atoms with Crippen LogP contribution in [0.25, 0.3) is 10.9 Å². The van der Waals surface area contributed by atoms with E-state index in [-0.39, 0.29) is 5.91 Å². The average molecular weight is 388 g/mol. The number of carbonyl (C=O) groups excluding carboxylic acids is 1. The van der Waals surface area contributed by atoms with Crippen LogP contribution >= 0.6 is 0 Å². The number of piperidine rings is 1. The molecule has 0 radical (unpaired) electrons. The highest BCUT2D eigenvalue weighted by Crippen LogP contribution is 2.37. The Morgan fingerprint density at radius 3 is 2.59 bits per heavy atom. The summed E-state index contributed by atoms with van der Waals surface area (Å²) in [4.78, 5) is 20.0. The molecule has 0 unspecified atom stereocenters. The molecule has 2 N–H and O–H groups in total. The first kappa shape index (κ1) is 17.8. The Hall–Kier alpha value is -3.28. The fraction of sp³-hybridized carbons (Fsp3) is 0.304. The number of methoxy groups -OCH3 is 1. The molecule has 1 amide bonds. The number of hydrogen-bond donors (Lipinski definition) is 2. The molecular formula is C23H24N4O2. The number of amides is 1. The molecule has 1 spiro atoms. The number of benzene rings is 2. The second-order valence-electron chi connectivity index (χ2n) is 7.87. The molecule has 3 aromatic rings. The number of aromatic nitrogens is 1. The van der Waals surface area contributed by atoms with Gasteiger partial charge in [0.05, 0.1) is 24.0 Å². The van der Waals surface area contributed by atoms with Crippen molar-refractivity contribution in [2.24, 2.45) is 0 Å². The Kier molecular flexibility index (Phi) is 4.08. The molecule has 29 heavy (non-hydrogen) atoms. The molecule has 2 aromatic carbocycles. The van der Waals surface area contributed by atoms with Crippen LogP contribution in [0.2, 0.25) is 0 Å². The Bertz CT molecular complexity index is 1100. The lowest BCUT2D eigenvalue weighted by Crippen LogP contribution is -2.58. The summed E-state index contributed by atoms with van der Waals surface area (Å²) >= 11 is 0. The van der Waals surface area contributed by atoms with Crippen LogP contribution in [0.1, 0.15) is 18.4 Å². The van der Waals surface area contributed by atoms with Crippen molar-refractivity contribution in [3.8, 4) is 5.75 Å². The molecule has 1 aromatic heterocycles. The smallest absolute Gasteiger partial charge is 0.250 e. The number of fused-ring (bicyclic) bond motifs is 2. The molecule has 6 nitrogen and oxygen atoms in total. The van der Waals surface area contributed by atoms with E-state index in [9.17, 15) is 4.79 Å². The average Bonchev–Trinajstić information content (AvgIpc) is 2.74. The normalized spacial score (nSPS) is 17.6. The summed E-state index contributed by atoms with van der Waals surface area (Å²) in [7, 11) is 1.67. The fourth-order valence-electron chi connectivity index (χ4n) is 4.38. The topological polar surface area (TPSA) is 66.5 Å². The van der Waals surface area contributed by atoms with E-state index in [0.29, 0.717) is 0 Å². The van der Waals surface area contributed by atoms with Crippen molar-refractivity contribution in [3.63, 3.8) is 0 Å². The molecule has 2 aliphatic rings. The van der Waals surface area contributed by atoms with E-state index < -0.39 is 5.54 Å². The molecule has 1 saturated heterocycles. The molecule has 148 valence electrons. The van der Waals surface area contributed by atoms with E-state index in [4.69, 9.17) is 9.72 Å². The van der Waals surface area contributed by atoms with Crippen molar-refractivity contribution in [2.45, 2.75) is 25.3 Å². The first-order chi connectivity index (χ1) is 14.1. The van der Waals surface area contributed by atoms with Crippen LogP contribution in [0.3, 0.4) is 0 Å². The zero-order valence-electron chi connectivity index (χ0n) is 16.7. The Balaban J connectivity index is 1.40. The van der Waals surface area contributed by atoms with Gasteiger partial charge in [-0.2, -0.15) is 0 Å². The van der Waals surface area contributed by atoms with Crippen LogP contribution in [0.4, 0.5) is 17.2 Å². The second-order valence-corrected chi connectivity index (χ2v) is 7.87. The zero-order chi connectivity index (χ0) is 20.0. The van der Waals surface area contributed by atoms with Gasteiger partial charge in [0.25, 0.3) is 0 Å². The van der Waals surface area contributed by atoms with Gasteiger partial charge in [0, 0.05) is 24.5 Å². The SMILES string of the molecule is COc1ccc2c(C)cc(N3CCC4(CC3)Nc3ccccc3NC4=O)nc2c1. The van der Waals surface area contributed by atoms with Gasteiger partial charge in [0.1, 0.15) is 17.1 Å². The standard InChI is InChI=1S/C23H24N4O2/c1-15-13-21(24-20-14-16(29-2)7-8-17(15)20)27-11-9-23(10-12-27)22(28)25-18-5-3-4-6-19(18)26-23/h3-8,13-14,26H,9-12H2,1-2H3,(H,25,28). The predicted molar refractivity (Wildman–Crippen MR) is 116 cm³/mol. The molecule has 0 atom stereocenters. The lowest BCUT2D eigenvalue weighted by molar-refractivity contribution is -0.121. The number of para-hydroxylation sites is 2. The van der Waals surface area contributed by atoms with Gasteiger partial charge in [-0.3, -0.25) is 4.79 Å². The molecule has 0 saturated carbocycles. The van der Waals surface area contributed by atoms with Gasteiger partial charge in [-0.1, -0.05) is 12.1 Å². The third-order valence-electron chi connectivity index (χ3n) is 6.14. The maximum absolute atomic E-state index is 12.9. The van der Waals surface area contributed by atoms with Crippen LogP contribution in [0.5, 0.6) is 5.75 Å². The van der Waals surface area contributed by atoms with E-state index in [1.165, 1.54) is 5.56 Å². The Morgan fingerprint density at radius 2 is 1.83 bits per heavy atom. The summed E-state index contributed by atoms with van der Waals surface area (Å²) in [6.07, 6.45) is 1.45. The van der Waals surface area contributed by atoms with E-state index in [0.717, 1.165) is 59.8 Å². The van der Waals surface area contributed by atoms with Gasteiger partial charge in [0.2, 0.25) is 5.91 Å². The van der Waals surface area contributed by atoms with Gasteiger partial charge < -0.3 is 20.3 Å². The monoisotopic (exact) mass is 388 g/mol. The highest BCUT2D eigenvalue weighted by molar-refractivity contribution is 6.06. The number of hydrogen-bond acceptors (Lipinski definition) is 5.